The minimum absolute atomic E-state index is 0.0965. The van der Waals surface area contributed by atoms with Crippen molar-refractivity contribution in [2.75, 3.05) is 6.54 Å². The first-order valence-electron chi connectivity index (χ1n) is 6.69. The third kappa shape index (κ3) is 3.87. The summed E-state index contributed by atoms with van der Waals surface area (Å²) in [5.41, 5.74) is 1.41. The van der Waals surface area contributed by atoms with Gasteiger partial charge in [0.15, 0.2) is 5.03 Å². The Bertz CT molecular complexity index is 669. The van der Waals surface area contributed by atoms with E-state index in [0.717, 1.165) is 12.1 Å². The van der Waals surface area contributed by atoms with Crippen molar-refractivity contribution in [2.24, 2.45) is 0 Å². The van der Waals surface area contributed by atoms with Crippen LogP contribution in [0.4, 0.5) is 0 Å². The Morgan fingerprint density at radius 2 is 2.19 bits per heavy atom. The molecule has 2 rings (SSSR count). The lowest BCUT2D eigenvalue weighted by Crippen LogP contribution is -2.28. The van der Waals surface area contributed by atoms with Gasteiger partial charge in [0, 0.05) is 30.5 Å². The van der Waals surface area contributed by atoms with Crippen LogP contribution in [0.5, 0.6) is 0 Å². The van der Waals surface area contributed by atoms with Gasteiger partial charge in [-0.05, 0) is 25.1 Å². The Labute approximate surface area is 124 Å². The fourth-order valence-electron chi connectivity index (χ4n) is 1.91. The molecular weight excluding hydrogens is 290 g/mol. The molecule has 0 aromatic carbocycles. The predicted octanol–water partition coefficient (Wildman–Crippen LogP) is 0.954. The van der Waals surface area contributed by atoms with Crippen molar-refractivity contribution < 1.29 is 8.42 Å². The van der Waals surface area contributed by atoms with Crippen molar-refractivity contribution in [1.29, 1.82) is 0 Å². The Morgan fingerprint density at radius 3 is 2.86 bits per heavy atom. The van der Waals surface area contributed by atoms with Crippen LogP contribution in [0.2, 0.25) is 0 Å². The average molecular weight is 309 g/mol. The first kappa shape index (κ1) is 15.6. The number of sulfonamides is 1. The molecule has 0 aliphatic rings. The van der Waals surface area contributed by atoms with Gasteiger partial charge in [0.2, 0.25) is 0 Å². The molecule has 0 fully saturated rings. The zero-order valence-electron chi connectivity index (χ0n) is 12.0. The van der Waals surface area contributed by atoms with Gasteiger partial charge in [0.05, 0.1) is 6.20 Å². The molecule has 0 spiro atoms. The summed E-state index contributed by atoms with van der Waals surface area (Å²) in [6, 6.07) is 3.22. The quantitative estimate of drug-likeness (QED) is 0.707. The van der Waals surface area contributed by atoms with Gasteiger partial charge in [-0.1, -0.05) is 13.0 Å². The van der Waals surface area contributed by atoms with Crippen LogP contribution in [0.25, 0.3) is 0 Å². The van der Waals surface area contributed by atoms with Crippen molar-refractivity contribution in [2.45, 2.75) is 31.5 Å². The van der Waals surface area contributed by atoms with Crippen molar-refractivity contribution >= 4 is 10.0 Å². The first-order valence-corrected chi connectivity index (χ1v) is 8.18. The largest absolute Gasteiger partial charge is 0.313 e. The minimum Gasteiger partial charge on any atom is -0.313 e. The van der Waals surface area contributed by atoms with E-state index in [1.807, 2.05) is 13.0 Å². The summed E-state index contributed by atoms with van der Waals surface area (Å²) in [4.78, 5) is 3.99. The van der Waals surface area contributed by atoms with E-state index in [0.29, 0.717) is 12.1 Å². The van der Waals surface area contributed by atoms with Crippen molar-refractivity contribution in [1.82, 2.24) is 25.2 Å². The molecule has 0 saturated heterocycles. The summed E-state index contributed by atoms with van der Waals surface area (Å²) in [5, 5.41) is 9.56. The number of nitrogens with zero attached hydrogens (tertiary/aromatic N) is 2. The van der Waals surface area contributed by atoms with E-state index < -0.39 is 10.0 Å². The van der Waals surface area contributed by atoms with E-state index in [1.165, 1.54) is 6.20 Å². The first-order chi connectivity index (χ1) is 10.0. The Balaban J connectivity index is 2.17. The highest BCUT2D eigenvalue weighted by molar-refractivity contribution is 7.89. The molecule has 1 atom stereocenters. The van der Waals surface area contributed by atoms with Gasteiger partial charge in [-0.2, -0.15) is 5.10 Å². The van der Waals surface area contributed by atoms with Crippen LogP contribution in [-0.2, 0) is 16.6 Å². The number of rotatable bonds is 7. The number of nitrogens with one attached hydrogen (secondary N) is 3. The molecule has 3 N–H and O–H groups in total. The molecule has 8 heteroatoms. The lowest BCUT2D eigenvalue weighted by atomic mass is 10.2. The fourth-order valence-corrected chi connectivity index (χ4v) is 3.27. The summed E-state index contributed by atoms with van der Waals surface area (Å²) in [6.45, 7) is 4.93. The monoisotopic (exact) mass is 309 g/mol. The number of aromatic nitrogens is 3. The highest BCUT2D eigenvalue weighted by atomic mass is 32.2. The second-order valence-electron chi connectivity index (χ2n) is 4.63. The van der Waals surface area contributed by atoms with E-state index in [1.54, 1.807) is 25.4 Å². The van der Waals surface area contributed by atoms with Crippen LogP contribution in [0.15, 0.2) is 35.7 Å². The highest BCUT2D eigenvalue weighted by Gasteiger charge is 2.23. The average Bonchev–Trinajstić information content (AvgIpc) is 2.95. The zero-order valence-corrected chi connectivity index (χ0v) is 12.8. The van der Waals surface area contributed by atoms with Gasteiger partial charge in [-0.15, -0.1) is 0 Å². The van der Waals surface area contributed by atoms with E-state index >= 15 is 0 Å². The smallest absolute Gasteiger partial charge is 0.258 e. The molecule has 114 valence electrons. The number of aromatic amines is 1. The third-order valence-electron chi connectivity index (χ3n) is 3.03. The van der Waals surface area contributed by atoms with Crippen LogP contribution in [0, 0.1) is 0 Å². The van der Waals surface area contributed by atoms with Crippen molar-refractivity contribution in [3.8, 4) is 0 Å². The molecule has 0 bridgehead atoms. The second kappa shape index (κ2) is 6.79. The predicted molar refractivity (Wildman–Crippen MR) is 78.9 cm³/mol. The number of hydrogen-bond donors (Lipinski definition) is 3. The molecule has 2 aromatic rings. The van der Waals surface area contributed by atoms with Crippen LogP contribution in [0.3, 0.4) is 0 Å². The minimum atomic E-state index is -3.66. The van der Waals surface area contributed by atoms with E-state index in [2.05, 4.69) is 25.2 Å². The maximum atomic E-state index is 12.4. The SMILES string of the molecule is CCNCc1cn[nH]c1S(=O)(=O)NC(C)c1cccnc1. The number of pyridine rings is 1. The maximum Gasteiger partial charge on any atom is 0.258 e. The molecule has 0 amide bonds. The molecule has 2 heterocycles. The van der Waals surface area contributed by atoms with Gasteiger partial charge in [0.1, 0.15) is 0 Å². The number of hydrogen-bond acceptors (Lipinski definition) is 5. The Hall–Kier alpha value is -1.77. The molecule has 21 heavy (non-hydrogen) atoms. The Kier molecular flexibility index (Phi) is 5.05. The molecule has 1 unspecified atom stereocenters. The lowest BCUT2D eigenvalue weighted by Gasteiger charge is -2.14. The number of H-pyrrole nitrogens is 1. The van der Waals surface area contributed by atoms with E-state index in [-0.39, 0.29) is 11.1 Å². The standard InChI is InChI=1S/C13H19N5O2S/c1-3-14-8-12-9-16-17-13(12)21(19,20)18-10(2)11-5-4-6-15-7-11/h4-7,9-10,14,18H,3,8H2,1-2H3,(H,16,17). The van der Waals surface area contributed by atoms with E-state index in [4.69, 9.17) is 0 Å². The van der Waals surface area contributed by atoms with Crippen molar-refractivity contribution in [3.63, 3.8) is 0 Å². The molecule has 7 nitrogen and oxygen atoms in total. The lowest BCUT2D eigenvalue weighted by molar-refractivity contribution is 0.560. The van der Waals surface area contributed by atoms with Crippen LogP contribution >= 0.6 is 0 Å². The third-order valence-corrected chi connectivity index (χ3v) is 4.58. The van der Waals surface area contributed by atoms with Gasteiger partial charge in [-0.3, -0.25) is 10.1 Å². The summed E-state index contributed by atoms with van der Waals surface area (Å²) in [5.74, 6) is 0. The maximum absolute atomic E-state index is 12.4. The van der Waals surface area contributed by atoms with E-state index in [9.17, 15) is 8.42 Å². The molecule has 0 saturated carbocycles. The fraction of sp³-hybridized carbons (Fsp3) is 0.385. The van der Waals surface area contributed by atoms with Gasteiger partial charge < -0.3 is 5.32 Å². The molecule has 2 aromatic heterocycles. The summed E-state index contributed by atoms with van der Waals surface area (Å²) in [7, 11) is -3.66. The molecule has 0 aliphatic carbocycles. The molecule has 0 aliphatic heterocycles. The van der Waals surface area contributed by atoms with Crippen LogP contribution in [0.1, 0.15) is 31.0 Å². The van der Waals surface area contributed by atoms with Gasteiger partial charge in [0.25, 0.3) is 10.0 Å². The van der Waals surface area contributed by atoms with Crippen molar-refractivity contribution in [3.05, 3.63) is 41.9 Å². The molecule has 0 radical (unpaired) electrons. The second-order valence-corrected chi connectivity index (χ2v) is 6.28. The molecular formula is C13H19N5O2S. The van der Waals surface area contributed by atoms with Gasteiger partial charge >= 0.3 is 0 Å². The Morgan fingerprint density at radius 1 is 1.38 bits per heavy atom. The topological polar surface area (TPSA) is 99.8 Å². The van der Waals surface area contributed by atoms with Crippen LogP contribution in [-0.4, -0.2) is 30.1 Å². The summed E-state index contributed by atoms with van der Waals surface area (Å²) < 4.78 is 27.5. The highest BCUT2D eigenvalue weighted by Crippen LogP contribution is 2.17. The summed E-state index contributed by atoms with van der Waals surface area (Å²) in [6.07, 6.45) is 4.81. The normalized spacial score (nSPS) is 13.2. The van der Waals surface area contributed by atoms with Gasteiger partial charge in [-0.25, -0.2) is 13.1 Å². The zero-order chi connectivity index (χ0) is 15.3. The summed E-state index contributed by atoms with van der Waals surface area (Å²) >= 11 is 0. The van der Waals surface area contributed by atoms with Crippen LogP contribution < -0.4 is 10.0 Å².